The highest BCUT2D eigenvalue weighted by atomic mass is 15.2. The molecule has 9 rings (SSSR count). The Balaban J connectivity index is 1.44. The Morgan fingerprint density at radius 2 is 0.638 bits per heavy atom. The van der Waals surface area contributed by atoms with Crippen LogP contribution in [0.2, 0.25) is 0 Å². The van der Waals surface area contributed by atoms with Crippen LogP contribution in [-0.2, 0) is 6.42 Å². The molecular formula is C54H48N4. The highest BCUT2D eigenvalue weighted by molar-refractivity contribution is 6.03. The number of rotatable bonds is 6. The first-order valence-corrected chi connectivity index (χ1v) is 20.3. The van der Waals surface area contributed by atoms with Crippen molar-refractivity contribution in [2.75, 3.05) is 4.90 Å². The number of anilines is 3. The fourth-order valence-electron chi connectivity index (χ4n) is 8.91. The SMILES string of the molecule is Cc1c(C)c(C)c2c(c1C)Cc1c(C)c(C)c(C)c(C)c1N2c1c(-c2ccccc2)cc(-c2nc(-c3ccccc3)nc(-c3ccccc3)n2)cc1-c1ccccc1. The smallest absolute Gasteiger partial charge is 0.164 e. The molecule has 0 saturated carbocycles. The van der Waals surface area contributed by atoms with E-state index in [9.17, 15) is 0 Å². The molecule has 0 spiro atoms. The van der Waals surface area contributed by atoms with Crippen molar-refractivity contribution in [2.24, 2.45) is 0 Å². The predicted octanol–water partition coefficient (Wildman–Crippen LogP) is 14.0. The van der Waals surface area contributed by atoms with E-state index in [4.69, 9.17) is 15.0 Å². The maximum atomic E-state index is 5.24. The summed E-state index contributed by atoms with van der Waals surface area (Å²) >= 11 is 0. The molecule has 0 aliphatic carbocycles. The monoisotopic (exact) mass is 752 g/mol. The normalized spacial score (nSPS) is 12.0. The summed E-state index contributed by atoms with van der Waals surface area (Å²) in [7, 11) is 0. The molecule has 0 N–H and O–H groups in total. The summed E-state index contributed by atoms with van der Waals surface area (Å²) in [6.45, 7) is 18.4. The third-order valence-corrected chi connectivity index (χ3v) is 12.8. The zero-order valence-corrected chi connectivity index (χ0v) is 34.7. The van der Waals surface area contributed by atoms with Crippen LogP contribution in [0.1, 0.15) is 55.6 Å². The molecule has 0 radical (unpaired) electrons. The Hall–Kier alpha value is -6.65. The van der Waals surface area contributed by atoms with E-state index in [0.29, 0.717) is 17.5 Å². The summed E-state index contributed by atoms with van der Waals surface area (Å²) in [5, 5.41) is 0. The van der Waals surface area contributed by atoms with Crippen LogP contribution in [0.25, 0.3) is 56.4 Å². The van der Waals surface area contributed by atoms with Crippen molar-refractivity contribution in [1.29, 1.82) is 0 Å². The summed E-state index contributed by atoms with van der Waals surface area (Å²) in [5.74, 6) is 1.91. The maximum absolute atomic E-state index is 5.24. The highest BCUT2D eigenvalue weighted by Gasteiger charge is 2.35. The summed E-state index contributed by atoms with van der Waals surface area (Å²) < 4.78 is 0. The van der Waals surface area contributed by atoms with Crippen molar-refractivity contribution in [3.05, 3.63) is 189 Å². The van der Waals surface area contributed by atoms with Gasteiger partial charge in [-0.25, -0.2) is 15.0 Å². The van der Waals surface area contributed by atoms with Gasteiger partial charge in [0.15, 0.2) is 17.5 Å². The lowest BCUT2D eigenvalue weighted by atomic mass is 9.80. The Labute approximate surface area is 343 Å². The fraction of sp³-hybridized carbons (Fsp3) is 0.167. The number of aromatic nitrogens is 3. The molecule has 0 atom stereocenters. The first-order chi connectivity index (χ1) is 28.1. The molecule has 4 nitrogen and oxygen atoms in total. The van der Waals surface area contributed by atoms with Gasteiger partial charge >= 0.3 is 0 Å². The summed E-state index contributed by atoms with van der Waals surface area (Å²) in [4.78, 5) is 18.2. The molecule has 58 heavy (non-hydrogen) atoms. The number of nitrogens with zero attached hydrogens (tertiary/aromatic N) is 4. The molecule has 1 aromatic heterocycles. The van der Waals surface area contributed by atoms with Gasteiger partial charge in [0, 0.05) is 34.2 Å². The molecule has 8 aromatic rings. The van der Waals surface area contributed by atoms with Crippen molar-refractivity contribution in [2.45, 2.75) is 61.8 Å². The van der Waals surface area contributed by atoms with E-state index >= 15 is 0 Å². The molecule has 0 unspecified atom stereocenters. The van der Waals surface area contributed by atoms with Crippen LogP contribution in [0.3, 0.4) is 0 Å². The predicted molar refractivity (Wildman–Crippen MR) is 242 cm³/mol. The van der Waals surface area contributed by atoms with Crippen molar-refractivity contribution in [3.63, 3.8) is 0 Å². The minimum absolute atomic E-state index is 0.630. The van der Waals surface area contributed by atoms with Gasteiger partial charge in [-0.2, -0.15) is 0 Å². The van der Waals surface area contributed by atoms with Gasteiger partial charge in [-0.15, -0.1) is 0 Å². The van der Waals surface area contributed by atoms with E-state index < -0.39 is 0 Å². The minimum atomic E-state index is 0.630. The third kappa shape index (κ3) is 6.12. The van der Waals surface area contributed by atoms with Gasteiger partial charge in [0.25, 0.3) is 0 Å². The molecule has 1 aliphatic rings. The zero-order valence-electron chi connectivity index (χ0n) is 34.7. The van der Waals surface area contributed by atoms with Crippen molar-refractivity contribution < 1.29 is 0 Å². The average molecular weight is 753 g/mol. The summed E-state index contributed by atoms with van der Waals surface area (Å²) in [6, 6.07) is 46.8. The summed E-state index contributed by atoms with van der Waals surface area (Å²) in [5.41, 5.74) is 24.6. The first-order valence-electron chi connectivity index (χ1n) is 20.3. The Kier molecular flexibility index (Phi) is 9.36. The number of fused-ring (bicyclic) bond motifs is 2. The van der Waals surface area contributed by atoms with Gasteiger partial charge in [-0.3, -0.25) is 0 Å². The Bertz CT molecular complexity index is 2670. The van der Waals surface area contributed by atoms with Gasteiger partial charge in [-0.05, 0) is 134 Å². The van der Waals surface area contributed by atoms with E-state index in [-0.39, 0.29) is 0 Å². The van der Waals surface area contributed by atoms with Gasteiger partial charge < -0.3 is 4.90 Å². The Morgan fingerprint density at radius 3 is 1.00 bits per heavy atom. The zero-order chi connectivity index (χ0) is 40.2. The number of hydrogen-bond donors (Lipinski definition) is 0. The lowest BCUT2D eigenvalue weighted by molar-refractivity contribution is 0.997. The van der Waals surface area contributed by atoms with E-state index in [1.165, 1.54) is 67.0 Å². The highest BCUT2D eigenvalue weighted by Crippen LogP contribution is 2.56. The molecule has 284 valence electrons. The largest absolute Gasteiger partial charge is 0.308 e. The van der Waals surface area contributed by atoms with Crippen LogP contribution in [0.4, 0.5) is 17.1 Å². The molecular weight excluding hydrogens is 705 g/mol. The second-order valence-corrected chi connectivity index (χ2v) is 15.9. The van der Waals surface area contributed by atoms with Crippen LogP contribution in [0.5, 0.6) is 0 Å². The maximum Gasteiger partial charge on any atom is 0.164 e. The Morgan fingerprint density at radius 1 is 0.328 bits per heavy atom. The van der Waals surface area contributed by atoms with E-state index in [1.54, 1.807) is 0 Å². The standard InChI is InChI=1S/C54H48N4/c1-32-34(3)38(7)49-45(36(32)5)31-46-37(6)33(2)35(4)39(8)50(46)58(49)51-47(40-21-13-9-14-22-40)29-44(30-48(51)41-23-15-10-16-24-41)54-56-52(42-25-17-11-18-26-42)55-53(57-54)43-27-19-12-20-28-43/h9-30H,31H2,1-8H3. The van der Waals surface area contributed by atoms with Crippen molar-refractivity contribution >= 4 is 17.1 Å². The van der Waals surface area contributed by atoms with Gasteiger partial charge in [0.1, 0.15) is 0 Å². The van der Waals surface area contributed by atoms with Crippen molar-refractivity contribution in [3.8, 4) is 56.4 Å². The third-order valence-electron chi connectivity index (χ3n) is 12.8. The van der Waals surface area contributed by atoms with Crippen LogP contribution < -0.4 is 4.90 Å². The first kappa shape index (κ1) is 37.0. The molecule has 0 amide bonds. The topological polar surface area (TPSA) is 41.9 Å². The van der Waals surface area contributed by atoms with Crippen LogP contribution in [0, 0.1) is 55.4 Å². The molecule has 7 aromatic carbocycles. The average Bonchev–Trinajstić information content (AvgIpc) is 3.28. The van der Waals surface area contributed by atoms with E-state index in [2.05, 4.69) is 157 Å². The minimum Gasteiger partial charge on any atom is -0.308 e. The molecule has 1 aliphatic heterocycles. The van der Waals surface area contributed by atoms with Gasteiger partial charge in [0.2, 0.25) is 0 Å². The lowest BCUT2D eigenvalue weighted by Gasteiger charge is -2.41. The fourth-order valence-corrected chi connectivity index (χ4v) is 8.91. The van der Waals surface area contributed by atoms with Crippen LogP contribution in [-0.4, -0.2) is 15.0 Å². The van der Waals surface area contributed by atoms with Gasteiger partial charge in [0.05, 0.1) is 17.1 Å². The molecule has 4 heteroatoms. The molecule has 2 heterocycles. The molecule has 0 bridgehead atoms. The van der Waals surface area contributed by atoms with Crippen LogP contribution >= 0.6 is 0 Å². The van der Waals surface area contributed by atoms with Crippen molar-refractivity contribution in [1.82, 2.24) is 15.0 Å². The second-order valence-electron chi connectivity index (χ2n) is 15.9. The number of hydrogen-bond acceptors (Lipinski definition) is 4. The van der Waals surface area contributed by atoms with Crippen LogP contribution in [0.15, 0.2) is 133 Å². The second kappa shape index (κ2) is 14.7. The van der Waals surface area contributed by atoms with E-state index in [1.807, 2.05) is 36.4 Å². The molecule has 0 saturated heterocycles. The summed E-state index contributed by atoms with van der Waals surface area (Å²) in [6.07, 6.45) is 0.900. The lowest BCUT2D eigenvalue weighted by Crippen LogP contribution is -2.25. The quantitative estimate of drug-likeness (QED) is 0.170. The van der Waals surface area contributed by atoms with Gasteiger partial charge in [-0.1, -0.05) is 121 Å². The van der Waals surface area contributed by atoms with E-state index in [0.717, 1.165) is 51.1 Å². The number of benzene rings is 7. The molecule has 0 fully saturated rings.